The summed E-state index contributed by atoms with van der Waals surface area (Å²) in [6, 6.07) is 7.91. The first-order valence-corrected chi connectivity index (χ1v) is 8.71. The van der Waals surface area contributed by atoms with Gasteiger partial charge < -0.3 is 10.1 Å². The number of pyridine rings is 1. The number of thiophene rings is 1. The van der Waals surface area contributed by atoms with Crippen molar-refractivity contribution in [1.29, 1.82) is 0 Å². The van der Waals surface area contributed by atoms with Crippen molar-refractivity contribution in [3.8, 4) is 5.88 Å². The van der Waals surface area contributed by atoms with Gasteiger partial charge in [-0.3, -0.25) is 9.69 Å². The second kappa shape index (κ2) is 7.57. The maximum atomic E-state index is 12.3. The van der Waals surface area contributed by atoms with Gasteiger partial charge in [0.05, 0.1) is 18.7 Å². The highest BCUT2D eigenvalue weighted by molar-refractivity contribution is 7.10. The fourth-order valence-corrected chi connectivity index (χ4v) is 3.73. The van der Waals surface area contributed by atoms with Gasteiger partial charge in [0.25, 0.3) is 5.91 Å². The summed E-state index contributed by atoms with van der Waals surface area (Å²) < 4.78 is 5.02. The van der Waals surface area contributed by atoms with E-state index in [0.29, 0.717) is 18.0 Å². The summed E-state index contributed by atoms with van der Waals surface area (Å²) in [5, 5.41) is 5.14. The van der Waals surface area contributed by atoms with Crippen molar-refractivity contribution in [3.63, 3.8) is 0 Å². The van der Waals surface area contributed by atoms with Crippen molar-refractivity contribution in [3.05, 3.63) is 46.3 Å². The molecule has 5 nitrogen and oxygen atoms in total. The van der Waals surface area contributed by atoms with Crippen molar-refractivity contribution in [2.24, 2.45) is 0 Å². The molecule has 1 aliphatic rings. The number of hydrogen-bond donors (Lipinski definition) is 1. The van der Waals surface area contributed by atoms with Crippen molar-refractivity contribution in [1.82, 2.24) is 15.2 Å². The summed E-state index contributed by atoms with van der Waals surface area (Å²) in [4.78, 5) is 20.2. The number of hydrogen-bond acceptors (Lipinski definition) is 5. The highest BCUT2D eigenvalue weighted by Gasteiger charge is 2.24. The summed E-state index contributed by atoms with van der Waals surface area (Å²) in [5.41, 5.74) is 0.553. The molecule has 0 aromatic carbocycles. The summed E-state index contributed by atoms with van der Waals surface area (Å²) in [5.74, 6) is 0.413. The predicted octanol–water partition coefficient (Wildman–Crippen LogP) is 2.72. The van der Waals surface area contributed by atoms with Crippen LogP contribution in [0.15, 0.2) is 35.8 Å². The van der Waals surface area contributed by atoms with Gasteiger partial charge in [-0.05, 0) is 43.4 Å². The lowest BCUT2D eigenvalue weighted by atomic mass is 10.2. The summed E-state index contributed by atoms with van der Waals surface area (Å²) >= 11 is 1.75. The molecule has 0 saturated carbocycles. The van der Waals surface area contributed by atoms with E-state index >= 15 is 0 Å². The monoisotopic (exact) mass is 331 g/mol. The average Bonchev–Trinajstić information content (AvgIpc) is 3.29. The fourth-order valence-electron chi connectivity index (χ4n) is 2.87. The highest BCUT2D eigenvalue weighted by atomic mass is 32.1. The molecule has 0 aliphatic carbocycles. The van der Waals surface area contributed by atoms with Crippen molar-refractivity contribution < 1.29 is 9.53 Å². The zero-order valence-electron chi connectivity index (χ0n) is 13.2. The van der Waals surface area contributed by atoms with E-state index in [1.54, 1.807) is 36.8 Å². The Balaban J connectivity index is 1.64. The van der Waals surface area contributed by atoms with Crippen LogP contribution in [0.3, 0.4) is 0 Å². The number of nitrogens with zero attached hydrogens (tertiary/aromatic N) is 2. The van der Waals surface area contributed by atoms with Crippen LogP contribution in [0, 0.1) is 0 Å². The van der Waals surface area contributed by atoms with Crippen LogP contribution < -0.4 is 10.1 Å². The van der Waals surface area contributed by atoms with Crippen LogP contribution in [-0.2, 0) is 0 Å². The zero-order valence-corrected chi connectivity index (χ0v) is 14.0. The van der Waals surface area contributed by atoms with Crippen LogP contribution in [0.5, 0.6) is 5.88 Å². The Labute approximate surface area is 140 Å². The third-order valence-corrected chi connectivity index (χ3v) is 5.09. The second-order valence-corrected chi connectivity index (χ2v) is 6.55. The molecular formula is C17H21N3O2S. The van der Waals surface area contributed by atoms with E-state index in [1.165, 1.54) is 17.7 Å². The molecule has 23 heavy (non-hydrogen) atoms. The molecule has 3 heterocycles. The number of amides is 1. The largest absolute Gasteiger partial charge is 0.481 e. The van der Waals surface area contributed by atoms with Gasteiger partial charge in [-0.1, -0.05) is 6.07 Å². The predicted molar refractivity (Wildman–Crippen MR) is 91.0 cm³/mol. The molecule has 0 bridgehead atoms. The van der Waals surface area contributed by atoms with E-state index in [9.17, 15) is 4.79 Å². The molecule has 0 spiro atoms. The number of nitrogens with one attached hydrogen (secondary N) is 1. The van der Waals surface area contributed by atoms with Gasteiger partial charge in [-0.25, -0.2) is 4.98 Å². The average molecular weight is 331 g/mol. The van der Waals surface area contributed by atoms with Crippen LogP contribution >= 0.6 is 11.3 Å². The summed E-state index contributed by atoms with van der Waals surface area (Å²) in [6.07, 6.45) is 4.01. The Bertz CT molecular complexity index is 622. The number of likely N-dealkylation sites (tertiary alicyclic amines) is 1. The van der Waals surface area contributed by atoms with Crippen LogP contribution in [0.4, 0.5) is 0 Å². The maximum absolute atomic E-state index is 12.3. The van der Waals surface area contributed by atoms with Crippen LogP contribution in [0.2, 0.25) is 0 Å². The summed E-state index contributed by atoms with van der Waals surface area (Å²) in [6.45, 7) is 2.82. The Morgan fingerprint density at radius 2 is 2.22 bits per heavy atom. The third-order valence-electron chi connectivity index (χ3n) is 4.12. The smallest absolute Gasteiger partial charge is 0.252 e. The van der Waals surface area contributed by atoms with E-state index in [4.69, 9.17) is 4.74 Å². The highest BCUT2D eigenvalue weighted by Crippen LogP contribution is 2.27. The van der Waals surface area contributed by atoms with E-state index in [2.05, 4.69) is 32.7 Å². The van der Waals surface area contributed by atoms with E-state index in [-0.39, 0.29) is 11.9 Å². The zero-order chi connectivity index (χ0) is 16.1. The number of carbonyl (C=O) groups excluding carboxylic acids is 1. The van der Waals surface area contributed by atoms with Crippen LogP contribution in [0.25, 0.3) is 0 Å². The van der Waals surface area contributed by atoms with Gasteiger partial charge in [0.1, 0.15) is 0 Å². The molecule has 3 rings (SSSR count). The van der Waals surface area contributed by atoms with Gasteiger partial charge in [0.15, 0.2) is 0 Å². The molecule has 1 aliphatic heterocycles. The number of carbonyl (C=O) groups is 1. The van der Waals surface area contributed by atoms with Gasteiger partial charge in [0.2, 0.25) is 5.88 Å². The lowest BCUT2D eigenvalue weighted by Gasteiger charge is -2.26. The van der Waals surface area contributed by atoms with Crippen molar-refractivity contribution >= 4 is 17.2 Å². The SMILES string of the molecule is COc1ccc(C(=O)NCC(c2cccs2)N2CCCC2)cn1. The minimum Gasteiger partial charge on any atom is -0.481 e. The molecule has 1 fully saturated rings. The number of ether oxygens (including phenoxy) is 1. The van der Waals surface area contributed by atoms with E-state index < -0.39 is 0 Å². The molecule has 0 radical (unpaired) electrons. The standard InChI is InChI=1S/C17H21N3O2S/c1-22-16-7-6-13(11-18-16)17(21)19-12-14(15-5-4-10-23-15)20-8-2-3-9-20/h4-7,10-11,14H,2-3,8-9,12H2,1H3,(H,19,21). The number of methoxy groups -OCH3 is 1. The van der Waals surface area contributed by atoms with Gasteiger partial charge in [0, 0.05) is 23.7 Å². The Morgan fingerprint density at radius 3 is 2.83 bits per heavy atom. The lowest BCUT2D eigenvalue weighted by Crippen LogP contribution is -2.36. The first-order valence-electron chi connectivity index (χ1n) is 7.83. The molecule has 2 aromatic rings. The van der Waals surface area contributed by atoms with E-state index in [1.807, 2.05) is 0 Å². The van der Waals surface area contributed by atoms with Crippen molar-refractivity contribution in [2.45, 2.75) is 18.9 Å². The Kier molecular flexibility index (Phi) is 5.25. The third kappa shape index (κ3) is 3.89. The van der Waals surface area contributed by atoms with Gasteiger partial charge in [-0.15, -0.1) is 11.3 Å². The topological polar surface area (TPSA) is 54.5 Å². The first kappa shape index (κ1) is 16.0. The minimum absolute atomic E-state index is 0.0964. The van der Waals surface area contributed by atoms with Crippen molar-refractivity contribution in [2.75, 3.05) is 26.7 Å². The molecule has 1 N–H and O–H groups in total. The van der Waals surface area contributed by atoms with Gasteiger partial charge >= 0.3 is 0 Å². The molecule has 1 unspecified atom stereocenters. The molecule has 122 valence electrons. The minimum atomic E-state index is -0.0964. The lowest BCUT2D eigenvalue weighted by molar-refractivity contribution is 0.0938. The quantitative estimate of drug-likeness (QED) is 0.884. The first-order chi connectivity index (χ1) is 11.3. The number of aromatic nitrogens is 1. The van der Waals surface area contributed by atoms with Crippen LogP contribution in [0.1, 0.15) is 34.1 Å². The Morgan fingerprint density at radius 1 is 1.39 bits per heavy atom. The van der Waals surface area contributed by atoms with E-state index in [0.717, 1.165) is 13.1 Å². The molecule has 1 amide bonds. The second-order valence-electron chi connectivity index (χ2n) is 5.57. The molecule has 1 saturated heterocycles. The Hall–Kier alpha value is -1.92. The normalized spacial score (nSPS) is 16.2. The maximum Gasteiger partial charge on any atom is 0.252 e. The summed E-state index contributed by atoms with van der Waals surface area (Å²) in [7, 11) is 1.56. The molecule has 2 aromatic heterocycles. The van der Waals surface area contributed by atoms with Crippen LogP contribution in [-0.4, -0.2) is 42.5 Å². The molecular weight excluding hydrogens is 310 g/mol. The van der Waals surface area contributed by atoms with Gasteiger partial charge in [-0.2, -0.15) is 0 Å². The molecule has 6 heteroatoms. The fraction of sp³-hybridized carbons (Fsp3) is 0.412. The molecule has 1 atom stereocenters. The number of rotatable bonds is 6.